The van der Waals surface area contributed by atoms with E-state index in [1.54, 1.807) is 11.8 Å². The number of rotatable bonds is 9. The van der Waals surface area contributed by atoms with Crippen molar-refractivity contribution in [3.8, 4) is 11.3 Å². The number of imidazole rings is 1. The molecule has 3 aromatic rings. The van der Waals surface area contributed by atoms with Gasteiger partial charge < -0.3 is 9.30 Å². The van der Waals surface area contributed by atoms with Crippen LogP contribution in [0.3, 0.4) is 0 Å². The normalized spacial score (nSPS) is 16.7. The van der Waals surface area contributed by atoms with Crippen LogP contribution in [0.2, 0.25) is 0 Å². The third kappa shape index (κ3) is 4.44. The van der Waals surface area contributed by atoms with Gasteiger partial charge in [0.25, 0.3) is 0 Å². The van der Waals surface area contributed by atoms with Crippen LogP contribution in [0.25, 0.3) is 11.3 Å². The summed E-state index contributed by atoms with van der Waals surface area (Å²) in [6.45, 7) is 4.72. The number of hydrogen-bond donors (Lipinski definition) is 0. The topological polar surface area (TPSA) is 70.7 Å². The van der Waals surface area contributed by atoms with Crippen molar-refractivity contribution in [2.75, 3.05) is 6.61 Å². The Morgan fingerprint density at radius 2 is 2.14 bits per heavy atom. The molecular weight excluding hydrogens is 372 g/mol. The Hall–Kier alpha value is -2.19. The first-order valence-electron chi connectivity index (χ1n) is 9.95. The van der Waals surface area contributed by atoms with Crippen LogP contribution in [0.1, 0.15) is 38.4 Å². The number of nitrogens with zero attached hydrogens (tertiary/aromatic N) is 6. The largest absolute Gasteiger partial charge is 0.376 e. The zero-order chi connectivity index (χ0) is 19.2. The first kappa shape index (κ1) is 19.1. The van der Waals surface area contributed by atoms with Crippen molar-refractivity contribution in [1.29, 1.82) is 0 Å². The number of aromatic nitrogens is 6. The van der Waals surface area contributed by atoms with E-state index in [1.165, 1.54) is 5.56 Å². The van der Waals surface area contributed by atoms with Gasteiger partial charge in [-0.05, 0) is 35.3 Å². The number of benzene rings is 1. The number of ether oxygens (including phenoxy) is 1. The molecule has 148 valence electrons. The smallest absolute Gasteiger partial charge is 0.168 e. The molecule has 8 heteroatoms. The summed E-state index contributed by atoms with van der Waals surface area (Å²) >= 11 is 1.68. The molecule has 0 bridgehead atoms. The van der Waals surface area contributed by atoms with Gasteiger partial charge in [0.15, 0.2) is 11.0 Å². The van der Waals surface area contributed by atoms with E-state index in [0.29, 0.717) is 5.75 Å². The van der Waals surface area contributed by atoms with Gasteiger partial charge in [0.1, 0.15) is 0 Å². The van der Waals surface area contributed by atoms with Crippen molar-refractivity contribution in [2.45, 2.75) is 62.7 Å². The summed E-state index contributed by atoms with van der Waals surface area (Å²) < 4.78 is 10.1. The molecule has 1 aromatic carbocycles. The van der Waals surface area contributed by atoms with Gasteiger partial charge in [-0.3, -0.25) is 0 Å². The SMILES string of the molecule is CCCCn1nnnc1CSc1ncc(-c2ccccc2)n1CC1CCCO1. The van der Waals surface area contributed by atoms with Crippen LogP contribution < -0.4 is 0 Å². The second-order valence-corrected chi connectivity index (χ2v) is 7.94. The zero-order valence-electron chi connectivity index (χ0n) is 16.2. The van der Waals surface area contributed by atoms with Crippen molar-refractivity contribution in [1.82, 2.24) is 29.8 Å². The highest BCUT2D eigenvalue weighted by molar-refractivity contribution is 7.98. The lowest BCUT2D eigenvalue weighted by atomic mass is 10.1. The first-order chi connectivity index (χ1) is 13.8. The van der Waals surface area contributed by atoms with E-state index in [0.717, 1.165) is 62.1 Å². The third-order valence-electron chi connectivity index (χ3n) is 4.96. The van der Waals surface area contributed by atoms with Crippen molar-refractivity contribution in [3.05, 3.63) is 42.4 Å². The number of unbranched alkanes of at least 4 members (excludes halogenated alkanes) is 1. The van der Waals surface area contributed by atoms with Gasteiger partial charge in [0.2, 0.25) is 0 Å². The molecule has 0 spiro atoms. The number of thioether (sulfide) groups is 1. The summed E-state index contributed by atoms with van der Waals surface area (Å²) in [5, 5.41) is 13.2. The maximum absolute atomic E-state index is 5.89. The maximum Gasteiger partial charge on any atom is 0.168 e. The fourth-order valence-corrected chi connectivity index (χ4v) is 4.34. The molecule has 1 fully saturated rings. The molecule has 1 unspecified atom stereocenters. The predicted octanol–water partition coefficient (Wildman–Crippen LogP) is 3.81. The first-order valence-corrected chi connectivity index (χ1v) is 10.9. The molecule has 2 aromatic heterocycles. The second kappa shape index (κ2) is 9.34. The van der Waals surface area contributed by atoms with Crippen LogP contribution in [-0.4, -0.2) is 42.5 Å². The van der Waals surface area contributed by atoms with E-state index < -0.39 is 0 Å². The van der Waals surface area contributed by atoms with E-state index in [2.05, 4.69) is 51.3 Å². The predicted molar refractivity (Wildman–Crippen MR) is 109 cm³/mol. The average molecular weight is 399 g/mol. The fourth-order valence-electron chi connectivity index (χ4n) is 3.42. The standard InChI is InChI=1S/C20H26N6OS/c1-2-3-11-26-19(22-23-24-26)15-28-20-21-13-18(16-8-5-4-6-9-16)25(20)14-17-10-7-12-27-17/h4-6,8-9,13,17H,2-3,7,10-12,14-15H2,1H3. The van der Waals surface area contributed by atoms with E-state index in [-0.39, 0.29) is 6.10 Å². The maximum atomic E-state index is 5.89. The summed E-state index contributed by atoms with van der Waals surface area (Å²) in [4.78, 5) is 4.72. The van der Waals surface area contributed by atoms with Gasteiger partial charge in [-0.15, -0.1) is 5.10 Å². The summed E-state index contributed by atoms with van der Waals surface area (Å²) in [6, 6.07) is 10.4. The number of tetrazole rings is 1. The van der Waals surface area contributed by atoms with Gasteiger partial charge in [0, 0.05) is 13.2 Å². The highest BCUT2D eigenvalue weighted by Gasteiger charge is 2.21. The van der Waals surface area contributed by atoms with E-state index in [9.17, 15) is 0 Å². The molecule has 0 N–H and O–H groups in total. The van der Waals surface area contributed by atoms with Crippen LogP contribution in [0.15, 0.2) is 41.7 Å². The number of aryl methyl sites for hydroxylation is 1. The van der Waals surface area contributed by atoms with Crippen molar-refractivity contribution < 1.29 is 4.74 Å². The van der Waals surface area contributed by atoms with Gasteiger partial charge in [-0.1, -0.05) is 55.4 Å². The minimum absolute atomic E-state index is 0.255. The molecule has 3 heterocycles. The Morgan fingerprint density at radius 1 is 1.25 bits per heavy atom. The lowest BCUT2D eigenvalue weighted by molar-refractivity contribution is 0.0954. The Kier molecular flexibility index (Phi) is 6.38. The monoisotopic (exact) mass is 398 g/mol. The summed E-state index contributed by atoms with van der Waals surface area (Å²) in [5.41, 5.74) is 2.30. The zero-order valence-corrected chi connectivity index (χ0v) is 17.0. The molecule has 7 nitrogen and oxygen atoms in total. The fraction of sp³-hybridized carbons (Fsp3) is 0.500. The molecule has 1 atom stereocenters. The quantitative estimate of drug-likeness (QED) is 0.511. The number of hydrogen-bond acceptors (Lipinski definition) is 6. The minimum atomic E-state index is 0.255. The van der Waals surface area contributed by atoms with Crippen molar-refractivity contribution in [2.24, 2.45) is 0 Å². The molecule has 0 aliphatic carbocycles. The van der Waals surface area contributed by atoms with Gasteiger partial charge >= 0.3 is 0 Å². The van der Waals surface area contributed by atoms with Crippen molar-refractivity contribution >= 4 is 11.8 Å². The summed E-state index contributed by atoms with van der Waals surface area (Å²) in [7, 11) is 0. The van der Waals surface area contributed by atoms with Crippen LogP contribution in [0.4, 0.5) is 0 Å². The molecule has 0 saturated carbocycles. The minimum Gasteiger partial charge on any atom is -0.376 e. The van der Waals surface area contributed by atoms with E-state index >= 15 is 0 Å². The molecule has 4 rings (SSSR count). The molecule has 1 aliphatic rings. The Bertz CT molecular complexity index is 872. The average Bonchev–Trinajstić information content (AvgIpc) is 3.47. The molecule has 28 heavy (non-hydrogen) atoms. The molecular formula is C20H26N6OS. The Labute approximate surface area is 169 Å². The lowest BCUT2D eigenvalue weighted by Crippen LogP contribution is -2.16. The van der Waals surface area contributed by atoms with Crippen LogP contribution in [0, 0.1) is 0 Å². The highest BCUT2D eigenvalue weighted by Crippen LogP contribution is 2.29. The molecule has 1 saturated heterocycles. The van der Waals surface area contributed by atoms with Gasteiger partial charge in [0.05, 0.1) is 30.3 Å². The highest BCUT2D eigenvalue weighted by atomic mass is 32.2. The van der Waals surface area contributed by atoms with E-state index in [1.807, 2.05) is 16.9 Å². The molecule has 0 radical (unpaired) electrons. The van der Waals surface area contributed by atoms with Crippen LogP contribution >= 0.6 is 11.8 Å². The summed E-state index contributed by atoms with van der Waals surface area (Å²) in [5.74, 6) is 1.60. The Balaban J connectivity index is 1.54. The Morgan fingerprint density at radius 3 is 2.93 bits per heavy atom. The van der Waals surface area contributed by atoms with Gasteiger partial charge in [-0.2, -0.15) is 0 Å². The molecule has 1 aliphatic heterocycles. The van der Waals surface area contributed by atoms with E-state index in [4.69, 9.17) is 9.72 Å². The lowest BCUT2D eigenvalue weighted by Gasteiger charge is -2.16. The van der Waals surface area contributed by atoms with Gasteiger partial charge in [-0.25, -0.2) is 9.67 Å². The third-order valence-corrected chi connectivity index (χ3v) is 5.95. The van der Waals surface area contributed by atoms with Crippen LogP contribution in [0.5, 0.6) is 0 Å². The summed E-state index contributed by atoms with van der Waals surface area (Å²) in [6.07, 6.45) is 6.66. The van der Waals surface area contributed by atoms with Crippen molar-refractivity contribution in [3.63, 3.8) is 0 Å². The second-order valence-electron chi connectivity index (χ2n) is 7.00. The molecule has 0 amide bonds. The van der Waals surface area contributed by atoms with Crippen LogP contribution in [-0.2, 0) is 23.6 Å².